The van der Waals surface area contributed by atoms with Gasteiger partial charge in [0.05, 0.1) is 6.42 Å². The van der Waals surface area contributed by atoms with Gasteiger partial charge < -0.3 is 9.80 Å². The molecule has 0 saturated carbocycles. The van der Waals surface area contributed by atoms with Gasteiger partial charge in [-0.05, 0) is 49.9 Å². The Morgan fingerprint density at radius 2 is 1.92 bits per heavy atom. The highest BCUT2D eigenvalue weighted by molar-refractivity contribution is 5.80. The van der Waals surface area contributed by atoms with Gasteiger partial charge in [-0.25, -0.2) is 0 Å². The van der Waals surface area contributed by atoms with Crippen molar-refractivity contribution in [2.45, 2.75) is 32.1 Å². The number of nitrogens with zero attached hydrogens (tertiary/aromatic N) is 3. The van der Waals surface area contributed by atoms with Gasteiger partial charge in [-0.3, -0.25) is 14.6 Å². The highest BCUT2D eigenvalue weighted by atomic mass is 16.2. The van der Waals surface area contributed by atoms with E-state index in [1.54, 1.807) is 12.4 Å². The van der Waals surface area contributed by atoms with Gasteiger partial charge in [0.25, 0.3) is 0 Å². The van der Waals surface area contributed by atoms with Crippen LogP contribution < -0.4 is 0 Å². The molecule has 2 atom stereocenters. The van der Waals surface area contributed by atoms with Crippen LogP contribution in [0.4, 0.5) is 0 Å². The Hall–Kier alpha value is -1.75. The lowest BCUT2D eigenvalue weighted by Gasteiger charge is -2.17. The number of hydrogen-bond acceptors (Lipinski definition) is 4. The van der Waals surface area contributed by atoms with E-state index in [1.165, 1.54) is 0 Å². The van der Waals surface area contributed by atoms with Gasteiger partial charge in [-0.1, -0.05) is 6.07 Å². The maximum Gasteiger partial charge on any atom is 0.227 e. The smallest absolute Gasteiger partial charge is 0.227 e. The van der Waals surface area contributed by atoms with Crippen LogP contribution in [0.5, 0.6) is 0 Å². The summed E-state index contributed by atoms with van der Waals surface area (Å²) in [6.45, 7) is 3.67. The monoisotopic (exact) mass is 329 g/mol. The van der Waals surface area contributed by atoms with Gasteiger partial charge in [0, 0.05) is 44.9 Å². The lowest BCUT2D eigenvalue weighted by molar-refractivity contribution is -0.130. The second-order valence-corrected chi connectivity index (χ2v) is 7.40. The maximum atomic E-state index is 12.4. The molecule has 2 aliphatic rings. The molecule has 24 heavy (non-hydrogen) atoms. The first-order valence-corrected chi connectivity index (χ1v) is 8.97. The minimum Gasteiger partial charge on any atom is -0.342 e. The predicted molar refractivity (Wildman–Crippen MR) is 92.5 cm³/mol. The van der Waals surface area contributed by atoms with Crippen LogP contribution in [0.2, 0.25) is 0 Å². The van der Waals surface area contributed by atoms with Gasteiger partial charge in [0.2, 0.25) is 5.91 Å². The number of Topliss-reactive ketones (excluding diaryl/α,β-unsaturated/α-hetero) is 1. The molecule has 3 rings (SSSR count). The summed E-state index contributed by atoms with van der Waals surface area (Å²) in [6, 6.07) is 3.79. The molecule has 3 heterocycles. The van der Waals surface area contributed by atoms with Gasteiger partial charge in [0.1, 0.15) is 5.78 Å². The molecule has 1 aromatic heterocycles. The third kappa shape index (κ3) is 4.63. The number of carbonyl (C=O) groups excluding carboxylic acids is 2. The number of rotatable bonds is 6. The largest absolute Gasteiger partial charge is 0.342 e. The summed E-state index contributed by atoms with van der Waals surface area (Å²) in [5.74, 6) is 1.40. The Morgan fingerprint density at radius 1 is 1.17 bits per heavy atom. The number of carbonyl (C=O) groups is 2. The van der Waals surface area contributed by atoms with E-state index in [0.717, 1.165) is 44.6 Å². The Kier molecular flexibility index (Phi) is 5.61. The number of likely N-dealkylation sites (tertiary alicyclic amines) is 2. The number of pyridine rings is 1. The quantitative estimate of drug-likeness (QED) is 0.798. The second-order valence-electron chi connectivity index (χ2n) is 7.40. The van der Waals surface area contributed by atoms with Crippen molar-refractivity contribution >= 4 is 11.7 Å². The molecule has 0 bridgehead atoms. The molecule has 130 valence electrons. The highest BCUT2D eigenvalue weighted by Gasteiger charge is 2.29. The topological polar surface area (TPSA) is 53.5 Å². The fourth-order valence-electron chi connectivity index (χ4n) is 3.94. The third-order valence-electron chi connectivity index (χ3n) is 5.24. The van der Waals surface area contributed by atoms with E-state index in [0.29, 0.717) is 36.9 Å². The zero-order valence-corrected chi connectivity index (χ0v) is 14.5. The van der Waals surface area contributed by atoms with Gasteiger partial charge in [-0.15, -0.1) is 0 Å². The molecular formula is C19H27N3O2. The molecule has 5 nitrogen and oxygen atoms in total. The molecule has 1 aromatic rings. The van der Waals surface area contributed by atoms with E-state index >= 15 is 0 Å². The van der Waals surface area contributed by atoms with Crippen molar-refractivity contribution in [3.05, 3.63) is 30.1 Å². The first-order chi connectivity index (χ1) is 11.6. The molecule has 2 aliphatic heterocycles. The molecule has 0 spiro atoms. The summed E-state index contributed by atoms with van der Waals surface area (Å²) in [5, 5.41) is 0. The average molecular weight is 329 g/mol. The molecule has 5 heteroatoms. The normalized spacial score (nSPS) is 24.5. The Balaban J connectivity index is 1.41. The molecular weight excluding hydrogens is 302 g/mol. The number of aromatic nitrogens is 1. The van der Waals surface area contributed by atoms with Crippen LogP contribution >= 0.6 is 0 Å². The number of ketones is 1. The first kappa shape index (κ1) is 17.1. The van der Waals surface area contributed by atoms with Crippen LogP contribution in [0.15, 0.2) is 24.5 Å². The Morgan fingerprint density at radius 3 is 2.58 bits per heavy atom. The summed E-state index contributed by atoms with van der Waals surface area (Å²) in [4.78, 5) is 32.9. The molecule has 2 fully saturated rings. The zero-order chi connectivity index (χ0) is 16.9. The van der Waals surface area contributed by atoms with E-state index in [4.69, 9.17) is 0 Å². The minimum atomic E-state index is 0.148. The standard InChI is InChI=1S/C19H27N3O2/c1-21-7-4-16(13-21)9-18(23)10-17-5-8-22(14-17)19(24)11-15-3-2-6-20-12-15/h2-3,6,12,16-17H,4-5,7-11,13-14H2,1H3/t16-,17-/m0/s1. The summed E-state index contributed by atoms with van der Waals surface area (Å²) < 4.78 is 0. The minimum absolute atomic E-state index is 0.148. The predicted octanol–water partition coefficient (Wildman–Crippen LogP) is 1.77. The Labute approximate surface area is 144 Å². The van der Waals surface area contributed by atoms with Gasteiger partial charge in [0.15, 0.2) is 0 Å². The third-order valence-corrected chi connectivity index (χ3v) is 5.24. The lowest BCUT2D eigenvalue weighted by Crippen LogP contribution is -2.30. The fourth-order valence-corrected chi connectivity index (χ4v) is 3.94. The summed E-state index contributed by atoms with van der Waals surface area (Å²) in [6.07, 6.45) is 7.31. The fraction of sp³-hybridized carbons (Fsp3) is 0.632. The van der Waals surface area contributed by atoms with Crippen molar-refractivity contribution in [3.63, 3.8) is 0 Å². The lowest BCUT2D eigenvalue weighted by atomic mass is 9.94. The van der Waals surface area contributed by atoms with Crippen molar-refractivity contribution in [2.75, 3.05) is 33.2 Å². The average Bonchev–Trinajstić information content (AvgIpc) is 3.17. The molecule has 1 amide bonds. The summed E-state index contributed by atoms with van der Waals surface area (Å²) in [7, 11) is 2.12. The van der Waals surface area contributed by atoms with E-state index in [1.807, 2.05) is 17.0 Å². The highest BCUT2D eigenvalue weighted by Crippen LogP contribution is 2.24. The molecule has 2 saturated heterocycles. The maximum absolute atomic E-state index is 12.4. The van der Waals surface area contributed by atoms with E-state index in [-0.39, 0.29) is 5.91 Å². The molecule has 0 radical (unpaired) electrons. The molecule has 0 unspecified atom stereocenters. The van der Waals surface area contributed by atoms with Crippen LogP contribution in [0.25, 0.3) is 0 Å². The van der Waals surface area contributed by atoms with Crippen LogP contribution in [0.3, 0.4) is 0 Å². The SMILES string of the molecule is CN1CC[C@@H](CC(=O)C[C@@H]2CCN(C(=O)Cc3cccnc3)C2)C1. The van der Waals surface area contributed by atoms with Crippen molar-refractivity contribution in [1.29, 1.82) is 0 Å². The van der Waals surface area contributed by atoms with Crippen LogP contribution in [-0.2, 0) is 16.0 Å². The molecule has 0 aromatic carbocycles. The van der Waals surface area contributed by atoms with Crippen LogP contribution in [0.1, 0.15) is 31.2 Å². The van der Waals surface area contributed by atoms with Gasteiger partial charge in [-0.2, -0.15) is 0 Å². The first-order valence-electron chi connectivity index (χ1n) is 8.97. The van der Waals surface area contributed by atoms with Crippen molar-refractivity contribution in [2.24, 2.45) is 11.8 Å². The van der Waals surface area contributed by atoms with Crippen molar-refractivity contribution < 1.29 is 9.59 Å². The zero-order valence-electron chi connectivity index (χ0n) is 14.5. The molecule has 0 N–H and O–H groups in total. The second kappa shape index (κ2) is 7.88. The Bertz CT molecular complexity index is 575. The van der Waals surface area contributed by atoms with Crippen molar-refractivity contribution in [1.82, 2.24) is 14.8 Å². The van der Waals surface area contributed by atoms with Gasteiger partial charge >= 0.3 is 0 Å². The van der Waals surface area contributed by atoms with E-state index < -0.39 is 0 Å². The van der Waals surface area contributed by atoms with Crippen molar-refractivity contribution in [3.8, 4) is 0 Å². The molecule has 0 aliphatic carbocycles. The summed E-state index contributed by atoms with van der Waals surface area (Å²) >= 11 is 0. The number of hydrogen-bond donors (Lipinski definition) is 0. The summed E-state index contributed by atoms with van der Waals surface area (Å²) in [5.41, 5.74) is 0.951. The van der Waals surface area contributed by atoms with Crippen LogP contribution in [0, 0.1) is 11.8 Å². The van der Waals surface area contributed by atoms with E-state index in [9.17, 15) is 9.59 Å². The number of amides is 1. The van der Waals surface area contributed by atoms with E-state index in [2.05, 4.69) is 16.9 Å². The van der Waals surface area contributed by atoms with Crippen LogP contribution in [-0.4, -0.2) is 59.7 Å².